The normalized spacial score (nSPS) is 22.5. The van der Waals surface area contributed by atoms with Crippen LogP contribution in [0.2, 0.25) is 0 Å². The van der Waals surface area contributed by atoms with Crippen molar-refractivity contribution in [1.82, 2.24) is 14.5 Å². The average molecular weight is 297 g/mol. The molecule has 3 aliphatic rings. The minimum atomic E-state index is -0.178. The summed E-state index contributed by atoms with van der Waals surface area (Å²) >= 11 is 0. The Labute approximate surface area is 126 Å². The van der Waals surface area contributed by atoms with E-state index in [2.05, 4.69) is 4.98 Å². The molecule has 6 nitrogen and oxygen atoms in total. The number of fused-ring (bicyclic) bond motifs is 4. The third kappa shape index (κ3) is 1.47. The number of benzene rings is 1. The zero-order valence-corrected chi connectivity index (χ0v) is 12.0. The summed E-state index contributed by atoms with van der Waals surface area (Å²) < 4.78 is 7.68. The Bertz CT molecular complexity index is 886. The largest absolute Gasteiger partial charge is 0.470 e. The van der Waals surface area contributed by atoms with E-state index in [0.717, 1.165) is 44.6 Å². The quantitative estimate of drug-likeness (QED) is 0.735. The maximum absolute atomic E-state index is 12.6. The minimum Gasteiger partial charge on any atom is -0.470 e. The van der Waals surface area contributed by atoms with Gasteiger partial charge in [-0.3, -0.25) is 14.2 Å². The van der Waals surface area contributed by atoms with Crippen molar-refractivity contribution < 1.29 is 9.53 Å². The van der Waals surface area contributed by atoms with Crippen LogP contribution < -0.4 is 10.3 Å². The maximum Gasteiger partial charge on any atom is 0.261 e. The molecule has 22 heavy (non-hydrogen) atoms. The van der Waals surface area contributed by atoms with Crippen LogP contribution in [-0.4, -0.2) is 33.1 Å². The first-order valence-electron chi connectivity index (χ1n) is 7.77. The summed E-state index contributed by atoms with van der Waals surface area (Å²) in [4.78, 5) is 31.5. The zero-order valence-electron chi connectivity index (χ0n) is 12.0. The predicted molar refractivity (Wildman–Crippen MR) is 79.0 cm³/mol. The summed E-state index contributed by atoms with van der Waals surface area (Å²) in [5.41, 5.74) is 1.11. The van der Waals surface area contributed by atoms with Crippen molar-refractivity contribution >= 4 is 16.8 Å². The Hall–Kier alpha value is -2.37. The molecular weight excluding hydrogens is 282 g/mol. The fraction of sp³-hybridized carbons (Fsp3) is 0.438. The molecule has 1 fully saturated rings. The topological polar surface area (TPSA) is 64.4 Å². The third-order valence-corrected chi connectivity index (χ3v) is 4.87. The van der Waals surface area contributed by atoms with E-state index in [1.807, 2.05) is 0 Å². The summed E-state index contributed by atoms with van der Waals surface area (Å²) in [6.45, 7) is 1.46. The summed E-state index contributed by atoms with van der Waals surface area (Å²) in [6.07, 6.45) is 3.40. The third-order valence-electron chi connectivity index (χ3n) is 4.87. The van der Waals surface area contributed by atoms with Crippen LogP contribution in [0.4, 0.5) is 0 Å². The van der Waals surface area contributed by atoms with Crippen LogP contribution in [0, 0.1) is 0 Å². The highest BCUT2D eigenvalue weighted by Gasteiger charge is 2.37. The van der Waals surface area contributed by atoms with Crippen molar-refractivity contribution in [3.8, 4) is 5.75 Å². The molecule has 1 aromatic carbocycles. The van der Waals surface area contributed by atoms with E-state index in [1.165, 1.54) is 0 Å². The predicted octanol–water partition coefficient (Wildman–Crippen LogP) is 1.30. The van der Waals surface area contributed by atoms with Crippen LogP contribution in [0.15, 0.2) is 16.9 Å². The number of amides is 1. The molecule has 4 heterocycles. The Kier molecular flexibility index (Phi) is 2.27. The van der Waals surface area contributed by atoms with Gasteiger partial charge in [-0.1, -0.05) is 0 Å². The van der Waals surface area contributed by atoms with E-state index in [-0.39, 0.29) is 17.7 Å². The molecule has 0 saturated carbocycles. The highest BCUT2D eigenvalue weighted by atomic mass is 16.5. The molecule has 112 valence electrons. The van der Waals surface area contributed by atoms with E-state index in [0.29, 0.717) is 22.2 Å². The number of carbonyl (C=O) groups is 1. The van der Waals surface area contributed by atoms with E-state index in [4.69, 9.17) is 4.74 Å². The average Bonchev–Trinajstić information content (AvgIpc) is 3.15. The van der Waals surface area contributed by atoms with Crippen molar-refractivity contribution in [2.45, 2.75) is 38.5 Å². The SMILES string of the molecule is O=C1c2cc3nc4n(c(=O)c3cc2OC2CCCN12)CCC4. The molecule has 0 bridgehead atoms. The lowest BCUT2D eigenvalue weighted by Gasteiger charge is -2.31. The number of hydrogen-bond acceptors (Lipinski definition) is 4. The monoisotopic (exact) mass is 297 g/mol. The molecule has 1 amide bonds. The Morgan fingerprint density at radius 2 is 2.09 bits per heavy atom. The number of aryl methyl sites for hydroxylation is 1. The molecule has 5 rings (SSSR count). The smallest absolute Gasteiger partial charge is 0.261 e. The van der Waals surface area contributed by atoms with E-state index in [1.54, 1.807) is 21.6 Å². The number of nitrogens with zero attached hydrogens (tertiary/aromatic N) is 3. The van der Waals surface area contributed by atoms with Gasteiger partial charge in [0, 0.05) is 25.9 Å². The number of hydrogen-bond donors (Lipinski definition) is 0. The van der Waals surface area contributed by atoms with Crippen molar-refractivity contribution in [1.29, 1.82) is 0 Å². The van der Waals surface area contributed by atoms with Gasteiger partial charge < -0.3 is 9.64 Å². The summed E-state index contributed by atoms with van der Waals surface area (Å²) in [5, 5.41) is 0.545. The summed E-state index contributed by atoms with van der Waals surface area (Å²) in [7, 11) is 0. The van der Waals surface area contributed by atoms with Crippen LogP contribution >= 0.6 is 0 Å². The van der Waals surface area contributed by atoms with Crippen LogP contribution in [0.25, 0.3) is 10.9 Å². The van der Waals surface area contributed by atoms with Crippen molar-refractivity contribution in [3.05, 3.63) is 33.9 Å². The van der Waals surface area contributed by atoms with Crippen molar-refractivity contribution in [3.63, 3.8) is 0 Å². The van der Waals surface area contributed by atoms with Gasteiger partial charge in [-0.25, -0.2) is 4.98 Å². The van der Waals surface area contributed by atoms with Gasteiger partial charge in [0.15, 0.2) is 6.23 Å². The summed E-state index contributed by atoms with van der Waals surface area (Å²) in [5.74, 6) is 1.34. The first-order valence-corrected chi connectivity index (χ1v) is 7.77. The number of ether oxygens (including phenoxy) is 1. The fourth-order valence-electron chi connectivity index (χ4n) is 3.77. The molecule has 0 aliphatic carbocycles. The molecule has 0 N–H and O–H groups in total. The van der Waals surface area contributed by atoms with Gasteiger partial charge in [-0.15, -0.1) is 0 Å². The molecular formula is C16H15N3O3. The standard InChI is InChI=1S/C16H15N3O3/c20-15-9-8-12-10(16(21)19-6-2-4-14(19)22-12)7-11(9)17-13-3-1-5-18(13)15/h7-8,14H,1-6H2. The van der Waals surface area contributed by atoms with E-state index in [9.17, 15) is 9.59 Å². The molecule has 6 heteroatoms. The first kappa shape index (κ1) is 12.2. The van der Waals surface area contributed by atoms with Crippen LogP contribution in [0.5, 0.6) is 5.75 Å². The van der Waals surface area contributed by atoms with Crippen LogP contribution in [-0.2, 0) is 13.0 Å². The molecule has 1 aromatic heterocycles. The van der Waals surface area contributed by atoms with Crippen molar-refractivity contribution in [2.75, 3.05) is 6.54 Å². The molecule has 1 saturated heterocycles. The van der Waals surface area contributed by atoms with Gasteiger partial charge in [-0.05, 0) is 25.0 Å². The molecule has 1 unspecified atom stereocenters. The second kappa shape index (κ2) is 4.09. The second-order valence-corrected chi connectivity index (χ2v) is 6.17. The lowest BCUT2D eigenvalue weighted by molar-refractivity contribution is 0.0295. The van der Waals surface area contributed by atoms with Gasteiger partial charge in [-0.2, -0.15) is 0 Å². The fourth-order valence-corrected chi connectivity index (χ4v) is 3.77. The van der Waals surface area contributed by atoms with Crippen LogP contribution in [0.1, 0.15) is 35.4 Å². The highest BCUT2D eigenvalue weighted by molar-refractivity contribution is 6.01. The van der Waals surface area contributed by atoms with Gasteiger partial charge in [0.05, 0.1) is 16.5 Å². The molecule has 3 aliphatic heterocycles. The first-order chi connectivity index (χ1) is 10.7. The highest BCUT2D eigenvalue weighted by Crippen LogP contribution is 2.34. The lowest BCUT2D eigenvalue weighted by atomic mass is 10.1. The van der Waals surface area contributed by atoms with E-state index < -0.39 is 0 Å². The van der Waals surface area contributed by atoms with E-state index >= 15 is 0 Å². The Balaban J connectivity index is 1.77. The Morgan fingerprint density at radius 3 is 3.00 bits per heavy atom. The second-order valence-electron chi connectivity index (χ2n) is 6.17. The summed E-state index contributed by atoms with van der Waals surface area (Å²) in [6, 6.07) is 3.43. The van der Waals surface area contributed by atoms with Gasteiger partial charge in [0.1, 0.15) is 11.6 Å². The number of carbonyl (C=O) groups excluding carboxylic acids is 1. The minimum absolute atomic E-state index is 0.00643. The van der Waals surface area contributed by atoms with Gasteiger partial charge >= 0.3 is 0 Å². The van der Waals surface area contributed by atoms with Gasteiger partial charge in [0.2, 0.25) is 0 Å². The Morgan fingerprint density at radius 1 is 1.18 bits per heavy atom. The zero-order chi connectivity index (χ0) is 14.8. The lowest BCUT2D eigenvalue weighted by Crippen LogP contribution is -2.43. The van der Waals surface area contributed by atoms with Crippen LogP contribution in [0.3, 0.4) is 0 Å². The molecule has 1 atom stereocenters. The maximum atomic E-state index is 12.6. The van der Waals surface area contributed by atoms with Crippen molar-refractivity contribution in [2.24, 2.45) is 0 Å². The molecule has 0 spiro atoms. The molecule has 0 radical (unpaired) electrons. The number of aromatic nitrogens is 2. The number of rotatable bonds is 0. The van der Waals surface area contributed by atoms with Gasteiger partial charge in [0.25, 0.3) is 11.5 Å². The molecule has 2 aromatic rings.